The number of azo groups is 1. The minimum absolute atomic E-state index is 0.0120. The molecule has 2 atom stereocenters. The lowest BCUT2D eigenvalue weighted by atomic mass is 10.00. The van der Waals surface area contributed by atoms with E-state index in [4.69, 9.17) is 16.7 Å². The van der Waals surface area contributed by atoms with E-state index in [1.54, 1.807) is 6.92 Å². The van der Waals surface area contributed by atoms with E-state index in [9.17, 15) is 14.0 Å². The molecule has 2 unspecified atom stereocenters. The van der Waals surface area contributed by atoms with Crippen molar-refractivity contribution in [3.8, 4) is 0 Å². The molecule has 0 aliphatic carbocycles. The van der Waals surface area contributed by atoms with Gasteiger partial charge in [-0.2, -0.15) is 10.2 Å². The average molecular weight is 301 g/mol. The van der Waals surface area contributed by atoms with Crippen molar-refractivity contribution in [1.82, 2.24) is 0 Å². The molecule has 5 nitrogen and oxygen atoms in total. The van der Waals surface area contributed by atoms with Gasteiger partial charge in [-0.25, -0.2) is 9.18 Å². The van der Waals surface area contributed by atoms with E-state index in [1.807, 2.05) is 0 Å². The Morgan fingerprint density at radius 1 is 1.55 bits per heavy atom. The van der Waals surface area contributed by atoms with Crippen LogP contribution in [0.5, 0.6) is 0 Å². The van der Waals surface area contributed by atoms with Gasteiger partial charge in [-0.1, -0.05) is 0 Å². The van der Waals surface area contributed by atoms with Crippen molar-refractivity contribution in [3.63, 3.8) is 0 Å². The van der Waals surface area contributed by atoms with Crippen LogP contribution >= 0.6 is 11.6 Å². The number of rotatable bonds is 7. The van der Waals surface area contributed by atoms with Crippen LogP contribution in [0.15, 0.2) is 28.4 Å². The SMILES string of the molecule is Cc1cc(F)ccc1N=NC(C(=O)O)C(CCl)CC=O. The van der Waals surface area contributed by atoms with E-state index in [2.05, 4.69) is 10.2 Å². The predicted molar refractivity (Wildman–Crippen MR) is 72.0 cm³/mol. The fourth-order valence-electron chi connectivity index (χ4n) is 1.60. The second kappa shape index (κ2) is 7.69. The summed E-state index contributed by atoms with van der Waals surface area (Å²) in [7, 11) is 0. The summed E-state index contributed by atoms with van der Waals surface area (Å²) in [5.41, 5.74) is 0.910. The highest BCUT2D eigenvalue weighted by Gasteiger charge is 2.27. The van der Waals surface area contributed by atoms with Crippen LogP contribution in [0.1, 0.15) is 12.0 Å². The normalized spacial score (nSPS) is 14.2. The van der Waals surface area contributed by atoms with E-state index in [-0.39, 0.29) is 12.3 Å². The number of carboxylic acid groups (broad SMARTS) is 1. The van der Waals surface area contributed by atoms with Crippen LogP contribution in [-0.4, -0.2) is 29.3 Å². The number of halogens is 2. The minimum atomic E-state index is -1.21. The molecule has 1 aromatic carbocycles. The van der Waals surface area contributed by atoms with Crippen LogP contribution in [0.2, 0.25) is 0 Å². The number of aliphatic carboxylic acids is 1. The number of hydrogen-bond acceptors (Lipinski definition) is 4. The Morgan fingerprint density at radius 2 is 2.25 bits per heavy atom. The van der Waals surface area contributed by atoms with Gasteiger partial charge in [-0.15, -0.1) is 11.6 Å². The van der Waals surface area contributed by atoms with Gasteiger partial charge in [0.15, 0.2) is 6.04 Å². The first-order chi connectivity index (χ1) is 9.49. The molecule has 20 heavy (non-hydrogen) atoms. The topological polar surface area (TPSA) is 79.1 Å². The number of carboxylic acids is 1. The van der Waals surface area contributed by atoms with Gasteiger partial charge >= 0.3 is 5.97 Å². The van der Waals surface area contributed by atoms with E-state index >= 15 is 0 Å². The van der Waals surface area contributed by atoms with E-state index < -0.39 is 23.7 Å². The largest absolute Gasteiger partial charge is 0.480 e. The van der Waals surface area contributed by atoms with E-state index in [0.29, 0.717) is 17.5 Å². The summed E-state index contributed by atoms with van der Waals surface area (Å²) in [6, 6.07) is 2.68. The van der Waals surface area contributed by atoms with Crippen molar-refractivity contribution in [1.29, 1.82) is 0 Å². The third-order valence-electron chi connectivity index (χ3n) is 2.75. The van der Waals surface area contributed by atoms with Crippen molar-refractivity contribution >= 4 is 29.5 Å². The number of alkyl halides is 1. The second-order valence-electron chi connectivity index (χ2n) is 4.25. The Hall–Kier alpha value is -1.82. The highest BCUT2D eigenvalue weighted by molar-refractivity contribution is 6.18. The Kier molecular flexibility index (Phi) is 6.24. The predicted octanol–water partition coefficient (Wildman–Crippen LogP) is 3.12. The first-order valence-electron chi connectivity index (χ1n) is 5.89. The monoisotopic (exact) mass is 300 g/mol. The molecule has 0 spiro atoms. The molecule has 0 fully saturated rings. The number of benzene rings is 1. The van der Waals surface area contributed by atoms with Crippen molar-refractivity contribution in [2.75, 3.05) is 5.88 Å². The van der Waals surface area contributed by atoms with Crippen LogP contribution < -0.4 is 0 Å². The molecule has 1 N–H and O–H groups in total. The van der Waals surface area contributed by atoms with Gasteiger partial charge in [0.2, 0.25) is 0 Å². The number of hydrogen-bond donors (Lipinski definition) is 1. The van der Waals surface area contributed by atoms with Crippen LogP contribution in [0.25, 0.3) is 0 Å². The highest BCUT2D eigenvalue weighted by atomic mass is 35.5. The molecule has 0 aliphatic rings. The van der Waals surface area contributed by atoms with Crippen molar-refractivity contribution in [2.45, 2.75) is 19.4 Å². The zero-order chi connectivity index (χ0) is 15.1. The maximum absolute atomic E-state index is 12.9. The zero-order valence-corrected chi connectivity index (χ0v) is 11.5. The Morgan fingerprint density at radius 3 is 2.75 bits per heavy atom. The molecule has 0 radical (unpaired) electrons. The molecule has 0 aromatic heterocycles. The smallest absolute Gasteiger partial charge is 0.330 e. The van der Waals surface area contributed by atoms with Gasteiger partial charge in [-0.3, -0.25) is 0 Å². The number of aryl methyl sites for hydroxylation is 1. The van der Waals surface area contributed by atoms with Gasteiger partial charge in [0.1, 0.15) is 12.1 Å². The fraction of sp³-hybridized carbons (Fsp3) is 0.385. The molecule has 1 aromatic rings. The minimum Gasteiger partial charge on any atom is -0.480 e. The third kappa shape index (κ3) is 4.38. The van der Waals surface area contributed by atoms with E-state index in [1.165, 1.54) is 18.2 Å². The molecule has 0 saturated carbocycles. The summed E-state index contributed by atoms with van der Waals surface area (Å²) < 4.78 is 12.9. The molecule has 0 bridgehead atoms. The lowest BCUT2D eigenvalue weighted by Gasteiger charge is -2.14. The fourth-order valence-corrected chi connectivity index (χ4v) is 1.90. The van der Waals surface area contributed by atoms with Gasteiger partial charge < -0.3 is 9.90 Å². The van der Waals surface area contributed by atoms with Crippen LogP contribution in [0, 0.1) is 18.7 Å². The molecule has 0 amide bonds. The summed E-state index contributed by atoms with van der Waals surface area (Å²) in [5.74, 6) is -2.26. The maximum Gasteiger partial charge on any atom is 0.330 e. The van der Waals surface area contributed by atoms with Crippen LogP contribution in [-0.2, 0) is 9.59 Å². The van der Waals surface area contributed by atoms with Gasteiger partial charge in [0.05, 0.1) is 5.69 Å². The summed E-state index contributed by atoms with van der Waals surface area (Å²) >= 11 is 5.65. The number of carbonyl (C=O) groups is 2. The summed E-state index contributed by atoms with van der Waals surface area (Å²) in [4.78, 5) is 21.6. The van der Waals surface area contributed by atoms with Crippen molar-refractivity contribution in [2.24, 2.45) is 16.1 Å². The van der Waals surface area contributed by atoms with Crippen LogP contribution in [0.3, 0.4) is 0 Å². The molecule has 0 heterocycles. The Balaban J connectivity index is 2.97. The Labute approximate surface area is 120 Å². The summed E-state index contributed by atoms with van der Waals surface area (Å²) in [5, 5.41) is 16.7. The molecule has 0 saturated heterocycles. The van der Waals surface area contributed by atoms with Crippen molar-refractivity contribution in [3.05, 3.63) is 29.6 Å². The Bertz CT molecular complexity index is 522. The number of carbonyl (C=O) groups excluding carboxylic acids is 1. The maximum atomic E-state index is 12.9. The molecule has 7 heteroatoms. The lowest BCUT2D eigenvalue weighted by Crippen LogP contribution is -2.29. The first kappa shape index (κ1) is 16.2. The average Bonchev–Trinajstić information content (AvgIpc) is 2.39. The summed E-state index contributed by atoms with van der Waals surface area (Å²) in [6.07, 6.45) is 0.587. The van der Waals surface area contributed by atoms with Crippen molar-refractivity contribution < 1.29 is 19.1 Å². The van der Waals surface area contributed by atoms with Gasteiger partial charge in [-0.05, 0) is 30.7 Å². The highest BCUT2D eigenvalue weighted by Crippen LogP contribution is 2.22. The molecular formula is C13H14ClFN2O3. The second-order valence-corrected chi connectivity index (χ2v) is 4.55. The number of aldehydes is 1. The summed E-state index contributed by atoms with van der Waals surface area (Å²) in [6.45, 7) is 1.64. The molecule has 0 aliphatic heterocycles. The zero-order valence-electron chi connectivity index (χ0n) is 10.8. The van der Waals surface area contributed by atoms with Gasteiger partial charge in [0, 0.05) is 18.2 Å². The molecule has 1 rings (SSSR count). The molecule has 108 valence electrons. The van der Waals surface area contributed by atoms with E-state index in [0.717, 1.165) is 0 Å². The van der Waals surface area contributed by atoms with Crippen LogP contribution in [0.4, 0.5) is 10.1 Å². The first-order valence-corrected chi connectivity index (χ1v) is 6.42. The third-order valence-corrected chi connectivity index (χ3v) is 3.14. The quantitative estimate of drug-likeness (QED) is 0.477. The number of nitrogens with zero attached hydrogens (tertiary/aromatic N) is 2. The standard InChI is InChI=1S/C13H14ClFN2O3/c1-8-6-10(15)2-3-11(8)16-17-12(13(19)20)9(7-14)4-5-18/h2-3,5-6,9,12H,4,7H2,1H3,(H,19,20). The van der Waals surface area contributed by atoms with Gasteiger partial charge in [0.25, 0.3) is 0 Å². The lowest BCUT2D eigenvalue weighted by molar-refractivity contribution is -0.139. The molecular weight excluding hydrogens is 287 g/mol.